The standard InChI is InChI=1S/C10H17N3O/c1-2-13-6-5-10(12-13)11-9-4-3-7-14-8-9/h5-6,9H,2-4,7-8H2,1H3,(H,11,12). The average Bonchev–Trinajstić information content (AvgIpc) is 2.67. The SMILES string of the molecule is CCn1ccc(NC2CCCOC2)n1. The van der Waals surface area contributed by atoms with E-state index < -0.39 is 0 Å². The summed E-state index contributed by atoms with van der Waals surface area (Å²) >= 11 is 0. The second kappa shape index (κ2) is 4.46. The molecule has 0 bridgehead atoms. The first kappa shape index (κ1) is 9.52. The van der Waals surface area contributed by atoms with Crippen molar-refractivity contribution in [2.24, 2.45) is 0 Å². The smallest absolute Gasteiger partial charge is 0.148 e. The first-order valence-electron chi connectivity index (χ1n) is 5.26. The lowest BCUT2D eigenvalue weighted by molar-refractivity contribution is 0.0875. The first-order valence-corrected chi connectivity index (χ1v) is 5.26. The second-order valence-corrected chi connectivity index (χ2v) is 3.62. The summed E-state index contributed by atoms with van der Waals surface area (Å²) in [5.74, 6) is 0.961. The topological polar surface area (TPSA) is 39.1 Å². The Morgan fingerprint density at radius 2 is 2.64 bits per heavy atom. The fourth-order valence-corrected chi connectivity index (χ4v) is 1.68. The lowest BCUT2D eigenvalue weighted by atomic mass is 10.1. The Bertz CT molecular complexity index is 279. The van der Waals surface area contributed by atoms with Crippen molar-refractivity contribution < 1.29 is 4.74 Å². The number of anilines is 1. The number of hydrogen-bond donors (Lipinski definition) is 1. The van der Waals surface area contributed by atoms with Gasteiger partial charge in [-0.2, -0.15) is 5.10 Å². The van der Waals surface area contributed by atoms with Gasteiger partial charge in [-0.3, -0.25) is 4.68 Å². The summed E-state index contributed by atoms with van der Waals surface area (Å²) in [6, 6.07) is 2.45. The summed E-state index contributed by atoms with van der Waals surface area (Å²) in [5, 5.41) is 7.75. The largest absolute Gasteiger partial charge is 0.379 e. The van der Waals surface area contributed by atoms with Gasteiger partial charge in [0, 0.05) is 25.4 Å². The normalized spacial score (nSPS) is 22.2. The monoisotopic (exact) mass is 195 g/mol. The van der Waals surface area contributed by atoms with Crippen LogP contribution < -0.4 is 5.32 Å². The molecule has 0 aromatic carbocycles. The third-order valence-electron chi connectivity index (χ3n) is 2.48. The Kier molecular flexibility index (Phi) is 3.03. The van der Waals surface area contributed by atoms with Gasteiger partial charge in [-0.15, -0.1) is 0 Å². The van der Waals surface area contributed by atoms with E-state index in [9.17, 15) is 0 Å². The van der Waals surface area contributed by atoms with Crippen LogP contribution in [0.1, 0.15) is 19.8 Å². The first-order chi connectivity index (χ1) is 6.88. The summed E-state index contributed by atoms with van der Waals surface area (Å²) in [7, 11) is 0. The average molecular weight is 195 g/mol. The van der Waals surface area contributed by atoms with Gasteiger partial charge in [0.15, 0.2) is 0 Å². The van der Waals surface area contributed by atoms with Gasteiger partial charge < -0.3 is 10.1 Å². The highest BCUT2D eigenvalue weighted by molar-refractivity contribution is 5.33. The van der Waals surface area contributed by atoms with Gasteiger partial charge in [-0.1, -0.05) is 0 Å². The van der Waals surface area contributed by atoms with Gasteiger partial charge in [0.2, 0.25) is 0 Å². The molecule has 1 fully saturated rings. The van der Waals surface area contributed by atoms with Gasteiger partial charge in [0.1, 0.15) is 5.82 Å². The van der Waals surface area contributed by atoms with E-state index in [0.717, 1.165) is 32.0 Å². The molecule has 1 saturated heterocycles. The summed E-state index contributed by atoms with van der Waals surface area (Å²) in [4.78, 5) is 0. The van der Waals surface area contributed by atoms with Crippen molar-refractivity contribution in [1.29, 1.82) is 0 Å². The molecule has 1 atom stereocenters. The van der Waals surface area contributed by atoms with E-state index in [-0.39, 0.29) is 0 Å². The number of nitrogens with zero attached hydrogens (tertiary/aromatic N) is 2. The molecule has 1 aliphatic rings. The maximum atomic E-state index is 5.39. The van der Waals surface area contributed by atoms with Crippen LogP contribution in [0.3, 0.4) is 0 Å². The van der Waals surface area contributed by atoms with Crippen LogP contribution in [0, 0.1) is 0 Å². The van der Waals surface area contributed by atoms with Crippen LogP contribution in [0.15, 0.2) is 12.3 Å². The molecule has 0 amide bonds. The van der Waals surface area contributed by atoms with E-state index in [1.54, 1.807) is 0 Å². The molecule has 14 heavy (non-hydrogen) atoms. The summed E-state index contributed by atoms with van der Waals surface area (Å²) in [6.07, 6.45) is 4.32. The van der Waals surface area contributed by atoms with Crippen LogP contribution in [0.2, 0.25) is 0 Å². The van der Waals surface area contributed by atoms with Crippen molar-refractivity contribution in [3.05, 3.63) is 12.3 Å². The van der Waals surface area contributed by atoms with Crippen molar-refractivity contribution >= 4 is 5.82 Å². The van der Waals surface area contributed by atoms with Crippen molar-refractivity contribution in [3.8, 4) is 0 Å². The van der Waals surface area contributed by atoms with Crippen LogP contribution in [0.5, 0.6) is 0 Å². The molecule has 1 aromatic heterocycles. The van der Waals surface area contributed by atoms with Crippen molar-refractivity contribution in [3.63, 3.8) is 0 Å². The molecule has 1 N–H and O–H groups in total. The molecule has 4 nitrogen and oxygen atoms in total. The maximum absolute atomic E-state index is 5.39. The third kappa shape index (κ3) is 2.26. The van der Waals surface area contributed by atoms with Gasteiger partial charge in [0.25, 0.3) is 0 Å². The zero-order valence-corrected chi connectivity index (χ0v) is 8.57. The van der Waals surface area contributed by atoms with E-state index >= 15 is 0 Å². The highest BCUT2D eigenvalue weighted by atomic mass is 16.5. The van der Waals surface area contributed by atoms with E-state index in [1.165, 1.54) is 6.42 Å². The quantitative estimate of drug-likeness (QED) is 0.794. The molecule has 0 saturated carbocycles. The van der Waals surface area contributed by atoms with E-state index in [4.69, 9.17) is 4.74 Å². The number of ether oxygens (including phenoxy) is 1. The van der Waals surface area contributed by atoms with Crippen molar-refractivity contribution in [2.75, 3.05) is 18.5 Å². The van der Waals surface area contributed by atoms with Crippen LogP contribution in [-0.2, 0) is 11.3 Å². The predicted molar refractivity (Wildman–Crippen MR) is 55.4 cm³/mol. The Hall–Kier alpha value is -1.03. The van der Waals surface area contributed by atoms with Gasteiger partial charge in [-0.25, -0.2) is 0 Å². The fraction of sp³-hybridized carbons (Fsp3) is 0.700. The Balaban J connectivity index is 1.89. The molecule has 2 heterocycles. The van der Waals surface area contributed by atoms with Crippen LogP contribution >= 0.6 is 0 Å². The number of rotatable bonds is 3. The van der Waals surface area contributed by atoms with Crippen molar-refractivity contribution in [2.45, 2.75) is 32.4 Å². The lowest BCUT2D eigenvalue weighted by Crippen LogP contribution is -2.30. The molecule has 78 valence electrons. The molecule has 0 radical (unpaired) electrons. The minimum Gasteiger partial charge on any atom is -0.379 e. The number of hydrogen-bond acceptors (Lipinski definition) is 3. The molecule has 1 aliphatic heterocycles. The molecule has 1 aromatic rings. The molecular weight excluding hydrogens is 178 g/mol. The van der Waals surface area contributed by atoms with Crippen molar-refractivity contribution in [1.82, 2.24) is 9.78 Å². The maximum Gasteiger partial charge on any atom is 0.148 e. The third-order valence-corrected chi connectivity index (χ3v) is 2.48. The molecule has 1 unspecified atom stereocenters. The van der Waals surface area contributed by atoms with Gasteiger partial charge in [0.05, 0.1) is 12.6 Å². The number of aryl methyl sites for hydroxylation is 1. The van der Waals surface area contributed by atoms with E-state index in [2.05, 4.69) is 17.3 Å². The number of aromatic nitrogens is 2. The highest BCUT2D eigenvalue weighted by Crippen LogP contribution is 2.12. The Morgan fingerprint density at radius 3 is 3.29 bits per heavy atom. The molecule has 4 heteroatoms. The second-order valence-electron chi connectivity index (χ2n) is 3.62. The zero-order valence-electron chi connectivity index (χ0n) is 8.57. The van der Waals surface area contributed by atoms with E-state index in [0.29, 0.717) is 6.04 Å². The highest BCUT2D eigenvalue weighted by Gasteiger charge is 2.13. The zero-order chi connectivity index (χ0) is 9.80. The fourth-order valence-electron chi connectivity index (χ4n) is 1.68. The summed E-state index contributed by atoms with van der Waals surface area (Å²) in [6.45, 7) is 4.71. The molecule has 2 rings (SSSR count). The minimum atomic E-state index is 0.434. The van der Waals surface area contributed by atoms with Crippen LogP contribution in [-0.4, -0.2) is 29.0 Å². The van der Waals surface area contributed by atoms with Gasteiger partial charge in [-0.05, 0) is 19.8 Å². The minimum absolute atomic E-state index is 0.434. The summed E-state index contributed by atoms with van der Waals surface area (Å²) in [5.41, 5.74) is 0. The molecule has 0 aliphatic carbocycles. The van der Waals surface area contributed by atoms with Crippen LogP contribution in [0.4, 0.5) is 5.82 Å². The Labute approximate surface area is 84.3 Å². The van der Waals surface area contributed by atoms with Crippen LogP contribution in [0.25, 0.3) is 0 Å². The Morgan fingerprint density at radius 1 is 1.71 bits per heavy atom. The van der Waals surface area contributed by atoms with E-state index in [1.807, 2.05) is 16.9 Å². The number of nitrogens with one attached hydrogen (secondary N) is 1. The summed E-state index contributed by atoms with van der Waals surface area (Å²) < 4.78 is 7.31. The van der Waals surface area contributed by atoms with Gasteiger partial charge >= 0.3 is 0 Å². The predicted octanol–water partition coefficient (Wildman–Crippen LogP) is 1.49. The molecular formula is C10H17N3O. The lowest BCUT2D eigenvalue weighted by Gasteiger charge is -2.22. The molecule has 0 spiro atoms.